The molecule has 2 aromatic carbocycles. The van der Waals surface area contributed by atoms with Crippen LogP contribution in [0.1, 0.15) is 11.1 Å². The Balaban J connectivity index is 2.55. The molecule has 0 aliphatic carbocycles. The van der Waals surface area contributed by atoms with Crippen molar-refractivity contribution < 1.29 is 17.6 Å². The van der Waals surface area contributed by atoms with Gasteiger partial charge in [0.15, 0.2) is 0 Å². The van der Waals surface area contributed by atoms with Crippen molar-refractivity contribution in [1.82, 2.24) is 0 Å². The van der Waals surface area contributed by atoms with Gasteiger partial charge in [-0.3, -0.25) is 0 Å². The van der Waals surface area contributed by atoms with Crippen molar-refractivity contribution in [3.63, 3.8) is 0 Å². The van der Waals surface area contributed by atoms with Gasteiger partial charge in [-0.1, -0.05) is 62.2 Å². The van der Waals surface area contributed by atoms with Crippen molar-refractivity contribution in [2.24, 2.45) is 0 Å². The molecule has 0 atom stereocenters. The Morgan fingerprint density at radius 2 is 1.40 bits per heavy atom. The zero-order valence-electron chi connectivity index (χ0n) is 9.89. The molecule has 2 rings (SSSR count). The lowest BCUT2D eigenvalue weighted by atomic mass is 9.96. The van der Waals surface area contributed by atoms with Crippen molar-refractivity contribution in [1.29, 1.82) is 0 Å². The van der Waals surface area contributed by atoms with Crippen LogP contribution in [0.15, 0.2) is 57.5 Å². The molecular weight excluding hydrogens is 404 g/mol. The van der Waals surface area contributed by atoms with Crippen LogP contribution in [-0.2, 0) is 11.8 Å². The Labute approximate surface area is 130 Å². The first kappa shape index (κ1) is 15.5. The van der Waals surface area contributed by atoms with Gasteiger partial charge >= 0.3 is 11.8 Å². The van der Waals surface area contributed by atoms with Gasteiger partial charge in [-0.05, 0) is 18.2 Å². The third kappa shape index (κ3) is 2.63. The van der Waals surface area contributed by atoms with E-state index < -0.39 is 23.0 Å². The van der Waals surface area contributed by atoms with Crippen LogP contribution in [0.5, 0.6) is 0 Å². The lowest BCUT2D eigenvalue weighted by Gasteiger charge is -2.28. The molecule has 0 aliphatic heterocycles. The molecule has 0 saturated carbocycles. The second-order valence-corrected chi connectivity index (χ2v) is 5.91. The van der Waals surface area contributed by atoms with Crippen molar-refractivity contribution >= 4 is 31.9 Å². The van der Waals surface area contributed by atoms with Gasteiger partial charge < -0.3 is 0 Å². The van der Waals surface area contributed by atoms with Crippen LogP contribution >= 0.6 is 31.9 Å². The molecule has 0 aliphatic rings. The molecule has 0 amide bonds. The van der Waals surface area contributed by atoms with Gasteiger partial charge in [0, 0.05) is 20.1 Å². The lowest BCUT2D eigenvalue weighted by molar-refractivity contribution is -0.224. The van der Waals surface area contributed by atoms with Crippen molar-refractivity contribution in [3.8, 4) is 0 Å². The van der Waals surface area contributed by atoms with E-state index in [1.807, 2.05) is 0 Å². The quantitative estimate of drug-likeness (QED) is 0.535. The number of benzene rings is 2. The Bertz CT molecular complexity index is 626. The van der Waals surface area contributed by atoms with Gasteiger partial charge in [-0.15, -0.1) is 0 Å². The van der Waals surface area contributed by atoms with Gasteiger partial charge in [0.1, 0.15) is 0 Å². The van der Waals surface area contributed by atoms with Gasteiger partial charge in [0.2, 0.25) is 0 Å². The third-order valence-corrected chi connectivity index (χ3v) is 3.98. The van der Waals surface area contributed by atoms with Crippen LogP contribution in [0.25, 0.3) is 0 Å². The third-order valence-electron chi connectivity index (χ3n) is 2.79. The fourth-order valence-corrected chi connectivity index (χ4v) is 2.68. The fraction of sp³-hybridized carbons (Fsp3) is 0.143. The molecule has 6 heteroatoms. The van der Waals surface area contributed by atoms with E-state index in [9.17, 15) is 17.6 Å². The second kappa shape index (κ2) is 5.48. The van der Waals surface area contributed by atoms with Crippen LogP contribution in [0.2, 0.25) is 0 Å². The summed E-state index contributed by atoms with van der Waals surface area (Å²) in [6.45, 7) is 0. The minimum absolute atomic E-state index is 0.0559. The standard InChI is InChI=1S/C14H8Br2F4/c15-10-5-3-4-9(8-10)13(17,18)14(19,20)11-6-1-2-7-12(11)16/h1-8H. The van der Waals surface area contributed by atoms with E-state index in [0.29, 0.717) is 4.47 Å². The van der Waals surface area contributed by atoms with Crippen LogP contribution in [-0.4, -0.2) is 0 Å². The minimum atomic E-state index is -4.33. The highest BCUT2D eigenvalue weighted by atomic mass is 79.9. The van der Waals surface area contributed by atoms with Crippen molar-refractivity contribution in [2.45, 2.75) is 11.8 Å². The van der Waals surface area contributed by atoms with Crippen molar-refractivity contribution in [2.75, 3.05) is 0 Å². The summed E-state index contributed by atoms with van der Waals surface area (Å²) in [6, 6.07) is 9.84. The summed E-state index contributed by atoms with van der Waals surface area (Å²) in [6.07, 6.45) is 0. The summed E-state index contributed by atoms with van der Waals surface area (Å²) < 4.78 is 57.1. The predicted octanol–water partition coefficient (Wildman–Crippen LogP) is 6.10. The largest absolute Gasteiger partial charge is 0.340 e. The lowest BCUT2D eigenvalue weighted by Crippen LogP contribution is -2.35. The highest BCUT2D eigenvalue weighted by Crippen LogP contribution is 2.51. The average molecular weight is 412 g/mol. The molecule has 0 unspecified atom stereocenters. The zero-order chi connectivity index (χ0) is 15.0. The Hall–Kier alpha value is -0.880. The smallest absolute Gasteiger partial charge is 0.194 e. The summed E-state index contributed by atoms with van der Waals surface area (Å²) in [5.41, 5.74) is -1.49. The summed E-state index contributed by atoms with van der Waals surface area (Å²) in [5.74, 6) is -8.64. The van der Waals surface area contributed by atoms with E-state index >= 15 is 0 Å². The number of halogens is 6. The maximum absolute atomic E-state index is 14.2. The van der Waals surface area contributed by atoms with Crippen LogP contribution in [0, 0.1) is 0 Å². The first-order valence-corrected chi connectivity index (χ1v) is 7.12. The molecule has 0 saturated heterocycles. The molecular formula is C14H8Br2F4. The van der Waals surface area contributed by atoms with E-state index in [1.54, 1.807) is 0 Å². The molecule has 0 bridgehead atoms. The monoisotopic (exact) mass is 410 g/mol. The molecule has 106 valence electrons. The first-order valence-electron chi connectivity index (χ1n) is 5.53. The van der Waals surface area contributed by atoms with Crippen LogP contribution in [0.4, 0.5) is 17.6 Å². The van der Waals surface area contributed by atoms with E-state index in [-0.39, 0.29) is 4.47 Å². The van der Waals surface area contributed by atoms with E-state index in [2.05, 4.69) is 31.9 Å². The SMILES string of the molecule is FC(F)(c1cccc(Br)c1)C(F)(F)c1ccccc1Br. The van der Waals surface area contributed by atoms with Crippen LogP contribution < -0.4 is 0 Å². The molecule has 0 heterocycles. The Kier molecular flexibility index (Phi) is 4.25. The molecule has 0 spiro atoms. The molecule has 0 nitrogen and oxygen atoms in total. The number of rotatable bonds is 3. The van der Waals surface area contributed by atoms with E-state index in [4.69, 9.17) is 0 Å². The highest BCUT2D eigenvalue weighted by Gasteiger charge is 2.59. The minimum Gasteiger partial charge on any atom is -0.194 e. The van der Waals surface area contributed by atoms with Gasteiger partial charge in [-0.25, -0.2) is 0 Å². The molecule has 20 heavy (non-hydrogen) atoms. The maximum atomic E-state index is 14.2. The van der Waals surface area contributed by atoms with Crippen LogP contribution in [0.3, 0.4) is 0 Å². The Morgan fingerprint density at radius 1 is 0.750 bits per heavy atom. The number of hydrogen-bond donors (Lipinski definition) is 0. The zero-order valence-corrected chi connectivity index (χ0v) is 13.1. The van der Waals surface area contributed by atoms with Gasteiger partial charge in [0.05, 0.1) is 0 Å². The fourth-order valence-electron chi connectivity index (χ4n) is 1.75. The summed E-state index contributed by atoms with van der Waals surface area (Å²) >= 11 is 5.89. The van der Waals surface area contributed by atoms with Gasteiger partial charge in [0.25, 0.3) is 0 Å². The predicted molar refractivity (Wildman–Crippen MR) is 76.1 cm³/mol. The summed E-state index contributed by atoms with van der Waals surface area (Å²) in [4.78, 5) is 0. The molecule has 0 radical (unpaired) electrons. The number of hydrogen-bond acceptors (Lipinski definition) is 0. The normalized spacial score (nSPS) is 12.5. The molecule has 0 aromatic heterocycles. The van der Waals surface area contributed by atoms with Crippen molar-refractivity contribution in [3.05, 3.63) is 68.6 Å². The number of alkyl halides is 4. The molecule has 2 aromatic rings. The van der Waals surface area contributed by atoms with Gasteiger partial charge in [-0.2, -0.15) is 17.6 Å². The Morgan fingerprint density at radius 3 is 2.00 bits per heavy atom. The summed E-state index contributed by atoms with van der Waals surface area (Å²) in [7, 11) is 0. The maximum Gasteiger partial charge on any atom is 0.340 e. The second-order valence-electron chi connectivity index (χ2n) is 4.14. The molecule has 0 fully saturated rings. The van der Waals surface area contributed by atoms with E-state index in [1.165, 1.54) is 30.3 Å². The summed E-state index contributed by atoms with van der Waals surface area (Å²) in [5, 5.41) is 0. The average Bonchev–Trinajstić information content (AvgIpc) is 2.38. The topological polar surface area (TPSA) is 0 Å². The highest BCUT2D eigenvalue weighted by molar-refractivity contribution is 9.10. The van der Waals surface area contributed by atoms with E-state index in [0.717, 1.165) is 18.2 Å². The molecule has 0 N–H and O–H groups in total. The first-order chi connectivity index (χ1) is 9.26.